The Bertz CT molecular complexity index is 575. The summed E-state index contributed by atoms with van der Waals surface area (Å²) in [6, 6.07) is 3.72. The normalized spacial score (nSPS) is 20.2. The minimum absolute atomic E-state index is 0. The van der Waals surface area contributed by atoms with E-state index in [1.165, 1.54) is 12.1 Å². The molecule has 0 spiro atoms. The Balaban J connectivity index is 0.00000208. The van der Waals surface area contributed by atoms with Gasteiger partial charge in [0.1, 0.15) is 11.6 Å². The predicted octanol–water partition coefficient (Wildman–Crippen LogP) is 2.20. The summed E-state index contributed by atoms with van der Waals surface area (Å²) in [6.07, 6.45) is 0.753. The molecule has 0 aromatic heterocycles. The lowest BCUT2D eigenvalue weighted by atomic mass is 9.99. The van der Waals surface area contributed by atoms with Crippen molar-refractivity contribution in [2.75, 3.05) is 39.3 Å². The number of nitrogens with zero attached hydrogens (tertiary/aromatic N) is 2. The minimum atomic E-state index is -0.550. The fourth-order valence-corrected chi connectivity index (χ4v) is 3.42. The van der Waals surface area contributed by atoms with Crippen LogP contribution in [0.15, 0.2) is 18.2 Å². The highest BCUT2D eigenvalue weighted by Gasteiger charge is 2.32. The molecule has 1 N–H and O–H groups in total. The molecule has 0 radical (unpaired) electrons. The van der Waals surface area contributed by atoms with Gasteiger partial charge in [-0.3, -0.25) is 9.69 Å². The molecule has 2 heterocycles. The van der Waals surface area contributed by atoms with Crippen molar-refractivity contribution in [2.45, 2.75) is 19.4 Å². The molecule has 1 unspecified atom stereocenters. The van der Waals surface area contributed by atoms with Crippen molar-refractivity contribution < 1.29 is 13.6 Å². The van der Waals surface area contributed by atoms with Gasteiger partial charge in [0.15, 0.2) is 0 Å². The summed E-state index contributed by atoms with van der Waals surface area (Å²) in [6.45, 7) is 6.35. The number of nitrogens with one attached hydrogen (secondary N) is 1. The average Bonchev–Trinajstić information content (AvgIpc) is 2.49. The van der Waals surface area contributed by atoms with Crippen molar-refractivity contribution in [3.05, 3.63) is 35.4 Å². The van der Waals surface area contributed by atoms with Crippen molar-refractivity contribution in [2.24, 2.45) is 5.92 Å². The molecular formula is C17H24ClF2N3O. The highest BCUT2D eigenvalue weighted by Crippen LogP contribution is 2.28. The number of hydrogen-bond acceptors (Lipinski definition) is 3. The maximum Gasteiger partial charge on any atom is 0.228 e. The number of benzene rings is 1. The van der Waals surface area contributed by atoms with Gasteiger partial charge in [-0.05, 0) is 12.5 Å². The lowest BCUT2D eigenvalue weighted by Gasteiger charge is -2.41. The van der Waals surface area contributed by atoms with Gasteiger partial charge < -0.3 is 10.2 Å². The van der Waals surface area contributed by atoms with Crippen molar-refractivity contribution >= 4 is 18.3 Å². The Morgan fingerprint density at radius 2 is 1.92 bits per heavy atom. The lowest BCUT2D eigenvalue weighted by molar-refractivity contribution is -0.139. The van der Waals surface area contributed by atoms with E-state index in [-0.39, 0.29) is 30.3 Å². The van der Waals surface area contributed by atoms with Crippen molar-refractivity contribution in [3.8, 4) is 0 Å². The van der Waals surface area contributed by atoms with E-state index in [9.17, 15) is 13.6 Å². The molecule has 2 aliphatic rings. The number of hydrogen-bond donors (Lipinski definition) is 1. The first kappa shape index (κ1) is 19.1. The van der Waals surface area contributed by atoms with Crippen LogP contribution in [0.5, 0.6) is 0 Å². The molecule has 7 heteroatoms. The first-order chi connectivity index (χ1) is 11.1. The van der Waals surface area contributed by atoms with Gasteiger partial charge in [0.05, 0.1) is 5.92 Å². The largest absolute Gasteiger partial charge is 0.340 e. The lowest BCUT2D eigenvalue weighted by Crippen LogP contribution is -2.56. The Morgan fingerprint density at radius 1 is 1.25 bits per heavy atom. The van der Waals surface area contributed by atoms with Crippen molar-refractivity contribution in [1.29, 1.82) is 0 Å². The Morgan fingerprint density at radius 3 is 2.42 bits per heavy atom. The average molecular weight is 360 g/mol. The summed E-state index contributed by atoms with van der Waals surface area (Å²) >= 11 is 0. The number of halogens is 3. The van der Waals surface area contributed by atoms with Crippen LogP contribution in [-0.4, -0.2) is 55.0 Å². The molecule has 2 fully saturated rings. The number of piperazine rings is 1. The standard InChI is InChI=1S/C17H23F2N3O.ClH/c1-2-16(14-4-3-13(18)9-15(14)19)21-5-7-22(8-6-21)17(23)12-10-20-11-12;/h3-4,9,12,16,20H,2,5-8,10-11H2,1H3;1H. The van der Waals surface area contributed by atoms with Gasteiger partial charge in [-0.25, -0.2) is 8.78 Å². The molecule has 0 aliphatic carbocycles. The highest BCUT2D eigenvalue weighted by atomic mass is 35.5. The van der Waals surface area contributed by atoms with Gasteiger partial charge in [0, 0.05) is 56.9 Å². The molecule has 0 saturated carbocycles. The van der Waals surface area contributed by atoms with E-state index in [0.29, 0.717) is 18.7 Å². The van der Waals surface area contributed by atoms with E-state index in [1.807, 2.05) is 11.8 Å². The highest BCUT2D eigenvalue weighted by molar-refractivity contribution is 5.85. The Labute approximate surface area is 147 Å². The van der Waals surface area contributed by atoms with E-state index in [0.717, 1.165) is 38.7 Å². The zero-order valence-corrected chi connectivity index (χ0v) is 14.6. The van der Waals surface area contributed by atoms with E-state index in [4.69, 9.17) is 0 Å². The van der Waals surface area contributed by atoms with Gasteiger partial charge in [-0.1, -0.05) is 13.0 Å². The molecule has 2 aliphatic heterocycles. The Kier molecular flexibility index (Phi) is 6.54. The number of carbonyl (C=O) groups excluding carboxylic acids is 1. The van der Waals surface area contributed by atoms with Gasteiger partial charge in [-0.2, -0.15) is 0 Å². The van der Waals surface area contributed by atoms with Crippen LogP contribution in [0.25, 0.3) is 0 Å². The molecule has 1 atom stereocenters. The van der Waals surface area contributed by atoms with Crippen LogP contribution < -0.4 is 5.32 Å². The molecule has 1 aromatic carbocycles. The van der Waals surface area contributed by atoms with E-state index >= 15 is 0 Å². The molecule has 3 rings (SSSR count). The summed E-state index contributed by atoms with van der Waals surface area (Å²) in [5.74, 6) is -0.691. The molecular weight excluding hydrogens is 336 g/mol. The second-order valence-electron chi connectivity index (χ2n) is 6.31. The zero-order chi connectivity index (χ0) is 16.4. The van der Waals surface area contributed by atoms with Gasteiger partial charge in [-0.15, -0.1) is 12.4 Å². The topological polar surface area (TPSA) is 35.6 Å². The summed E-state index contributed by atoms with van der Waals surface area (Å²) < 4.78 is 27.2. The van der Waals surface area contributed by atoms with Crippen molar-refractivity contribution in [1.82, 2.24) is 15.1 Å². The molecule has 4 nitrogen and oxygen atoms in total. The maximum atomic E-state index is 14.1. The second kappa shape index (κ2) is 8.23. The van der Waals surface area contributed by atoms with Crippen LogP contribution in [0.3, 0.4) is 0 Å². The molecule has 1 amide bonds. The quantitative estimate of drug-likeness (QED) is 0.895. The zero-order valence-electron chi connectivity index (χ0n) is 13.8. The number of carbonyl (C=O) groups is 1. The smallest absolute Gasteiger partial charge is 0.228 e. The summed E-state index contributed by atoms with van der Waals surface area (Å²) in [4.78, 5) is 16.4. The van der Waals surface area contributed by atoms with Crippen LogP contribution in [0.1, 0.15) is 24.9 Å². The van der Waals surface area contributed by atoms with Crippen LogP contribution in [0, 0.1) is 17.6 Å². The van der Waals surface area contributed by atoms with Crippen molar-refractivity contribution in [3.63, 3.8) is 0 Å². The van der Waals surface area contributed by atoms with E-state index < -0.39 is 11.6 Å². The molecule has 2 saturated heterocycles. The molecule has 24 heavy (non-hydrogen) atoms. The molecule has 0 bridgehead atoms. The third-order valence-corrected chi connectivity index (χ3v) is 4.91. The first-order valence-corrected chi connectivity index (χ1v) is 8.28. The SMILES string of the molecule is CCC(c1ccc(F)cc1F)N1CCN(C(=O)C2CNC2)CC1.Cl. The monoisotopic (exact) mass is 359 g/mol. The van der Waals surface area contributed by atoms with Gasteiger partial charge >= 0.3 is 0 Å². The third-order valence-electron chi connectivity index (χ3n) is 4.91. The fourth-order valence-electron chi connectivity index (χ4n) is 3.42. The molecule has 1 aromatic rings. The predicted molar refractivity (Wildman–Crippen MR) is 91.2 cm³/mol. The summed E-state index contributed by atoms with van der Waals surface area (Å²) in [5, 5.41) is 3.12. The third kappa shape index (κ3) is 3.87. The minimum Gasteiger partial charge on any atom is -0.340 e. The van der Waals surface area contributed by atoms with E-state index in [1.54, 1.807) is 0 Å². The van der Waals surface area contributed by atoms with Gasteiger partial charge in [0.2, 0.25) is 5.91 Å². The van der Waals surface area contributed by atoms with E-state index in [2.05, 4.69) is 10.2 Å². The Hall–Kier alpha value is -1.24. The van der Waals surface area contributed by atoms with Gasteiger partial charge in [0.25, 0.3) is 0 Å². The molecule has 134 valence electrons. The number of rotatable bonds is 4. The maximum absolute atomic E-state index is 14.1. The number of amides is 1. The van der Waals surface area contributed by atoms with Crippen LogP contribution in [0.2, 0.25) is 0 Å². The summed E-state index contributed by atoms with van der Waals surface area (Å²) in [5.41, 5.74) is 0.539. The first-order valence-electron chi connectivity index (χ1n) is 8.28. The summed E-state index contributed by atoms with van der Waals surface area (Å²) in [7, 11) is 0. The van der Waals surface area contributed by atoms with Crippen LogP contribution in [-0.2, 0) is 4.79 Å². The van der Waals surface area contributed by atoms with Crippen LogP contribution in [0.4, 0.5) is 8.78 Å². The second-order valence-corrected chi connectivity index (χ2v) is 6.31. The fraction of sp³-hybridized carbons (Fsp3) is 0.588. The van der Waals surface area contributed by atoms with Crippen LogP contribution >= 0.6 is 12.4 Å².